The highest BCUT2D eigenvalue weighted by molar-refractivity contribution is 5.98. The highest BCUT2D eigenvalue weighted by atomic mass is 16.6. The fraction of sp³-hybridized carbons (Fsp3) is 0.611. The average Bonchev–Trinajstić information content (AvgIpc) is 3.76. The lowest BCUT2D eigenvalue weighted by Crippen LogP contribution is -2.57. The second-order valence-corrected chi connectivity index (χ2v) is 13.1. The van der Waals surface area contributed by atoms with E-state index in [1.54, 1.807) is 29.2 Å². The quantitative estimate of drug-likeness (QED) is 0.170. The minimum atomic E-state index is -1.25. The highest BCUT2D eigenvalue weighted by Crippen LogP contribution is 2.59. The molecule has 4 fully saturated rings. The number of likely N-dealkylation sites (tertiary alicyclic amines) is 1. The Labute approximate surface area is 288 Å². The number of methoxy groups -OCH3 is 1. The number of morpholine rings is 1. The average molecular weight is 683 g/mol. The zero-order chi connectivity index (χ0) is 35.0. The van der Waals surface area contributed by atoms with Crippen molar-refractivity contribution in [1.29, 1.82) is 0 Å². The second kappa shape index (κ2) is 16.9. The second-order valence-electron chi connectivity index (χ2n) is 13.1. The summed E-state index contributed by atoms with van der Waals surface area (Å²) >= 11 is 0. The van der Waals surface area contributed by atoms with Crippen LogP contribution >= 0.6 is 0 Å². The van der Waals surface area contributed by atoms with E-state index in [1.807, 2.05) is 18.2 Å². The molecule has 1 spiro atoms. The molecule has 13 heteroatoms. The number of rotatable bonds is 18. The van der Waals surface area contributed by atoms with E-state index in [1.165, 1.54) is 12.0 Å². The Hall–Kier alpha value is -3.62. The maximum absolute atomic E-state index is 14.4. The normalized spacial score (nSPS) is 27.3. The van der Waals surface area contributed by atoms with E-state index in [0.717, 1.165) is 13.1 Å². The van der Waals surface area contributed by atoms with Gasteiger partial charge in [-0.25, -0.2) is 0 Å². The highest BCUT2D eigenvalue weighted by Gasteiger charge is 2.75. The molecule has 0 radical (unpaired) electrons. The summed E-state index contributed by atoms with van der Waals surface area (Å²) in [5.41, 5.74) is -0.600. The molecule has 13 nitrogen and oxygen atoms in total. The van der Waals surface area contributed by atoms with Gasteiger partial charge in [-0.2, -0.15) is 0 Å². The van der Waals surface area contributed by atoms with Crippen LogP contribution in [-0.2, 0) is 38.1 Å². The van der Waals surface area contributed by atoms with Crippen LogP contribution in [0.3, 0.4) is 0 Å². The molecule has 4 aliphatic rings. The number of β-amino-alcohol motifs (C(OH)–C–C–N with tert-alkyl or cyclic N) is 1. The minimum Gasteiger partial charge on any atom is -0.455 e. The van der Waals surface area contributed by atoms with E-state index < -0.39 is 53.6 Å². The summed E-state index contributed by atoms with van der Waals surface area (Å²) in [6, 6.07) is 7.34. The molecule has 0 unspecified atom stereocenters. The van der Waals surface area contributed by atoms with Crippen molar-refractivity contribution < 1.29 is 43.2 Å². The molecule has 3 amide bonds. The Bertz CT molecular complexity index is 1340. The number of nitrogens with one attached hydrogen (secondary N) is 1. The summed E-state index contributed by atoms with van der Waals surface area (Å²) in [6.45, 7) is 11.3. The Morgan fingerprint density at radius 2 is 1.92 bits per heavy atom. The van der Waals surface area contributed by atoms with Gasteiger partial charge in [-0.3, -0.25) is 24.1 Å². The molecule has 0 aliphatic carbocycles. The van der Waals surface area contributed by atoms with Crippen molar-refractivity contribution in [2.75, 3.05) is 72.8 Å². The predicted molar refractivity (Wildman–Crippen MR) is 179 cm³/mol. The number of aliphatic hydroxyl groups excluding tert-OH is 1. The molecule has 0 saturated carbocycles. The first-order valence-electron chi connectivity index (χ1n) is 17.2. The van der Waals surface area contributed by atoms with E-state index in [-0.39, 0.29) is 44.5 Å². The number of aliphatic hydroxyl groups is 1. The van der Waals surface area contributed by atoms with Gasteiger partial charge in [0.1, 0.15) is 17.7 Å². The Kier molecular flexibility index (Phi) is 12.6. The lowest BCUT2D eigenvalue weighted by molar-refractivity contribution is -0.163. The summed E-state index contributed by atoms with van der Waals surface area (Å²) < 4.78 is 23.7. The standard InChI is InChI=1S/C36H50N4O9/c1-4-6-12-28(42)37-26(24-46-3)31(25-10-8-7-9-11-25)48-35(45)29-27-13-14-36(49-27)30(29)33(43)40(18-21-41)32(36)34(44)39(15-5-2)17-16-38-19-22-47-23-20-38/h4-5,7-11,26-27,29-32,41H,1-2,6,12-24H2,3H3,(H,37,42)/t26-,27-,29+,30+,31-,32-,36+/m0/s1. The molecule has 4 aliphatic heterocycles. The SMILES string of the molecule is C=CCCC(=O)N[C@@H](COC)[C@@H](OC(=O)[C@@H]1[C@@H]2CC[C@]3(O2)[C@H](C(=O)N(CC=C)CCN2CCOCC2)N(CCO)C(=O)[C@@H]13)c1ccccc1. The lowest BCUT2D eigenvalue weighted by atomic mass is 9.70. The number of benzene rings is 1. The van der Waals surface area contributed by atoms with Gasteiger partial charge in [0.05, 0.1) is 50.4 Å². The Morgan fingerprint density at radius 1 is 1.16 bits per heavy atom. The number of carbonyl (C=O) groups excluding carboxylic acids is 4. The molecule has 4 heterocycles. The van der Waals surface area contributed by atoms with Crippen LogP contribution in [0, 0.1) is 11.8 Å². The first kappa shape index (κ1) is 36.7. The van der Waals surface area contributed by atoms with E-state index in [0.29, 0.717) is 51.1 Å². The van der Waals surface area contributed by atoms with Crippen LogP contribution in [0.1, 0.15) is 37.4 Å². The number of esters is 1. The summed E-state index contributed by atoms with van der Waals surface area (Å²) in [6.07, 6.45) is 3.32. The van der Waals surface area contributed by atoms with Crippen molar-refractivity contribution in [3.05, 3.63) is 61.2 Å². The van der Waals surface area contributed by atoms with Crippen molar-refractivity contribution in [3.63, 3.8) is 0 Å². The molecule has 49 heavy (non-hydrogen) atoms. The largest absolute Gasteiger partial charge is 0.455 e. The van der Waals surface area contributed by atoms with Gasteiger partial charge in [-0.15, -0.1) is 13.2 Å². The summed E-state index contributed by atoms with van der Waals surface area (Å²) in [5, 5.41) is 13.0. The Balaban J connectivity index is 1.41. The van der Waals surface area contributed by atoms with Gasteiger partial charge in [-0.05, 0) is 24.8 Å². The molecule has 268 valence electrons. The molecule has 5 rings (SSSR count). The monoisotopic (exact) mass is 682 g/mol. The third-order valence-corrected chi connectivity index (χ3v) is 10.1. The van der Waals surface area contributed by atoms with Crippen molar-refractivity contribution >= 4 is 23.7 Å². The molecule has 0 aromatic heterocycles. The molecule has 4 saturated heterocycles. The van der Waals surface area contributed by atoms with E-state index in [9.17, 15) is 24.3 Å². The zero-order valence-electron chi connectivity index (χ0n) is 28.4. The van der Waals surface area contributed by atoms with Crippen LogP contribution in [0.25, 0.3) is 0 Å². The summed E-state index contributed by atoms with van der Waals surface area (Å²) in [4.78, 5) is 61.1. The number of nitrogens with zero attached hydrogens (tertiary/aromatic N) is 3. The molecule has 7 atom stereocenters. The number of hydrogen-bond acceptors (Lipinski definition) is 10. The summed E-state index contributed by atoms with van der Waals surface area (Å²) in [7, 11) is 1.50. The predicted octanol–water partition coefficient (Wildman–Crippen LogP) is 1.08. The minimum absolute atomic E-state index is 0.0635. The number of amides is 3. The van der Waals surface area contributed by atoms with Gasteiger partial charge < -0.3 is 39.2 Å². The topological polar surface area (TPSA) is 147 Å². The third-order valence-electron chi connectivity index (χ3n) is 10.1. The molecule has 2 bridgehead atoms. The van der Waals surface area contributed by atoms with Crippen molar-refractivity contribution in [2.45, 2.75) is 55.6 Å². The van der Waals surface area contributed by atoms with Crippen LogP contribution in [-0.4, -0.2) is 140 Å². The third kappa shape index (κ3) is 7.76. The Morgan fingerprint density at radius 3 is 2.59 bits per heavy atom. The van der Waals surface area contributed by atoms with Gasteiger partial charge in [0.2, 0.25) is 17.7 Å². The van der Waals surface area contributed by atoms with Gasteiger partial charge in [-0.1, -0.05) is 42.5 Å². The van der Waals surface area contributed by atoms with Crippen LogP contribution < -0.4 is 5.32 Å². The number of fused-ring (bicyclic) bond motifs is 1. The fourth-order valence-electron chi connectivity index (χ4n) is 7.88. The van der Waals surface area contributed by atoms with Crippen LogP contribution in [0.4, 0.5) is 0 Å². The van der Waals surface area contributed by atoms with E-state index in [2.05, 4.69) is 23.4 Å². The fourth-order valence-corrected chi connectivity index (χ4v) is 7.88. The molecular formula is C36H50N4O9. The maximum Gasteiger partial charge on any atom is 0.313 e. The molecule has 1 aromatic rings. The summed E-state index contributed by atoms with van der Waals surface area (Å²) in [5.74, 6) is -3.54. The number of hydrogen-bond donors (Lipinski definition) is 2. The number of carbonyl (C=O) groups is 4. The lowest BCUT2D eigenvalue weighted by Gasteiger charge is -2.37. The molecule has 2 N–H and O–H groups in total. The van der Waals surface area contributed by atoms with Gasteiger partial charge in [0.15, 0.2) is 0 Å². The van der Waals surface area contributed by atoms with Crippen molar-refractivity contribution in [3.8, 4) is 0 Å². The van der Waals surface area contributed by atoms with Gasteiger partial charge >= 0.3 is 5.97 Å². The zero-order valence-corrected chi connectivity index (χ0v) is 28.4. The van der Waals surface area contributed by atoms with Gasteiger partial charge in [0.25, 0.3) is 0 Å². The smallest absolute Gasteiger partial charge is 0.313 e. The number of allylic oxidation sites excluding steroid dienone is 1. The number of ether oxygens (including phenoxy) is 4. The first-order chi connectivity index (χ1) is 23.8. The molecular weight excluding hydrogens is 632 g/mol. The van der Waals surface area contributed by atoms with Crippen molar-refractivity contribution in [2.24, 2.45) is 11.8 Å². The maximum atomic E-state index is 14.4. The van der Waals surface area contributed by atoms with E-state index >= 15 is 0 Å². The first-order valence-corrected chi connectivity index (χ1v) is 17.2. The van der Waals surface area contributed by atoms with E-state index in [4.69, 9.17) is 18.9 Å². The van der Waals surface area contributed by atoms with Crippen LogP contribution in [0.2, 0.25) is 0 Å². The van der Waals surface area contributed by atoms with Gasteiger partial charge in [0, 0.05) is 52.8 Å². The van der Waals surface area contributed by atoms with Crippen LogP contribution in [0.15, 0.2) is 55.6 Å². The molecule has 1 aromatic carbocycles. The van der Waals surface area contributed by atoms with Crippen LogP contribution in [0.5, 0.6) is 0 Å². The van der Waals surface area contributed by atoms with Crippen molar-refractivity contribution in [1.82, 2.24) is 20.0 Å².